The highest BCUT2D eigenvalue weighted by molar-refractivity contribution is 6.10. The monoisotopic (exact) mass is 806 g/mol. The van der Waals surface area contributed by atoms with Crippen LogP contribution in [-0.2, 0) is 9.59 Å². The molecule has 0 bridgehead atoms. The quantitative estimate of drug-likeness (QED) is 0.154. The molecule has 1 aromatic carbocycles. The normalized spacial score (nSPS) is 23.0. The standard InChI is InChI=1S/C41H47FN12O5/c1-23-19-54(41(59)46-23)26-3-2-10-52(20-26)37-28-16-33(47-36(28)29(38(43)56)15-30(37)42)24-4-8-34(45-17-24)51-13-11-50(12-14-51)27-21-53(22-27)25-5-6-31(44-18-25)39(57)48-32-7-9-35(55)49-40(32)58/h4-6,8,15-18,23,26-27,32,47H,2-3,7,9-14,19-22H2,1H3,(H2,43,56)(H,46,59)(H,48,57)(H,49,55,58)/t23-,26-,32+/m1/s1. The molecule has 59 heavy (non-hydrogen) atoms. The molecule has 0 aliphatic carbocycles. The number of halogens is 1. The van der Waals surface area contributed by atoms with Crippen molar-refractivity contribution in [2.45, 2.75) is 56.8 Å². The summed E-state index contributed by atoms with van der Waals surface area (Å²) in [7, 11) is 0. The lowest BCUT2D eigenvalue weighted by molar-refractivity contribution is -0.134. The summed E-state index contributed by atoms with van der Waals surface area (Å²) < 4.78 is 15.9. The van der Waals surface area contributed by atoms with Crippen molar-refractivity contribution in [1.82, 2.24) is 40.7 Å². The van der Waals surface area contributed by atoms with E-state index >= 15 is 4.39 Å². The van der Waals surface area contributed by atoms with Gasteiger partial charge in [0, 0.05) is 100 Å². The number of piperazine rings is 1. The molecule has 0 unspecified atom stereocenters. The van der Waals surface area contributed by atoms with E-state index in [2.05, 4.69) is 40.6 Å². The fraction of sp³-hybridized carbons (Fsp3) is 0.439. The predicted octanol–water partition coefficient (Wildman–Crippen LogP) is 1.79. The molecule has 4 aromatic rings. The average molecular weight is 807 g/mol. The van der Waals surface area contributed by atoms with Gasteiger partial charge < -0.3 is 41.0 Å². The Morgan fingerprint density at radius 1 is 0.881 bits per heavy atom. The number of imide groups is 1. The van der Waals surface area contributed by atoms with Crippen LogP contribution in [-0.4, -0.2) is 137 Å². The number of hydrogen-bond acceptors (Lipinski definition) is 11. The van der Waals surface area contributed by atoms with E-state index in [4.69, 9.17) is 10.7 Å². The molecular formula is C41H47FN12O5. The summed E-state index contributed by atoms with van der Waals surface area (Å²) >= 11 is 0. The average Bonchev–Trinajstić information content (AvgIpc) is 3.81. The Hall–Kier alpha value is -6.30. The van der Waals surface area contributed by atoms with Crippen LogP contribution in [0.4, 0.5) is 26.4 Å². The van der Waals surface area contributed by atoms with Crippen molar-refractivity contribution in [3.63, 3.8) is 0 Å². The number of carbonyl (C=O) groups excluding carboxylic acids is 5. The fourth-order valence-corrected chi connectivity index (χ4v) is 9.08. The summed E-state index contributed by atoms with van der Waals surface area (Å²) in [4.78, 5) is 84.5. The van der Waals surface area contributed by atoms with Gasteiger partial charge in [-0.15, -0.1) is 0 Å². The lowest BCUT2D eigenvalue weighted by Gasteiger charge is -2.49. The van der Waals surface area contributed by atoms with Crippen molar-refractivity contribution in [2.24, 2.45) is 5.73 Å². The van der Waals surface area contributed by atoms with Gasteiger partial charge in [-0.1, -0.05) is 0 Å². The molecule has 0 radical (unpaired) electrons. The van der Waals surface area contributed by atoms with Crippen LogP contribution >= 0.6 is 0 Å². The number of nitrogens with one attached hydrogen (secondary N) is 4. The van der Waals surface area contributed by atoms with E-state index in [1.807, 2.05) is 41.0 Å². The Kier molecular flexibility index (Phi) is 10.0. The lowest BCUT2D eigenvalue weighted by atomic mass is 10.0. The molecule has 8 heterocycles. The van der Waals surface area contributed by atoms with Crippen LogP contribution in [0, 0.1) is 5.82 Å². The highest BCUT2D eigenvalue weighted by atomic mass is 19.1. The van der Waals surface area contributed by atoms with Crippen LogP contribution in [0.25, 0.3) is 22.2 Å². The smallest absolute Gasteiger partial charge is 0.318 e. The number of rotatable bonds is 9. The molecule has 308 valence electrons. The molecule has 17 nitrogen and oxygen atoms in total. The summed E-state index contributed by atoms with van der Waals surface area (Å²) in [6.07, 6.45) is 5.55. The van der Waals surface area contributed by atoms with E-state index in [9.17, 15) is 24.0 Å². The molecule has 0 spiro atoms. The Labute approximate surface area is 339 Å². The van der Waals surface area contributed by atoms with Gasteiger partial charge in [-0.2, -0.15) is 0 Å². The Bertz CT molecular complexity index is 2310. The van der Waals surface area contributed by atoms with Crippen molar-refractivity contribution in [1.29, 1.82) is 0 Å². The zero-order chi connectivity index (χ0) is 40.9. The summed E-state index contributed by atoms with van der Waals surface area (Å²) in [6.45, 7) is 8.76. The molecule has 5 aliphatic rings. The molecule has 9 rings (SSSR count). The molecular weight excluding hydrogens is 760 g/mol. The number of piperidine rings is 2. The first-order valence-electron chi connectivity index (χ1n) is 20.3. The maximum Gasteiger partial charge on any atom is 0.318 e. The molecule has 18 heteroatoms. The van der Waals surface area contributed by atoms with E-state index in [0.717, 1.165) is 69.2 Å². The van der Waals surface area contributed by atoms with E-state index < -0.39 is 29.6 Å². The van der Waals surface area contributed by atoms with Gasteiger partial charge >= 0.3 is 6.03 Å². The Balaban J connectivity index is 0.811. The molecule has 3 aromatic heterocycles. The van der Waals surface area contributed by atoms with Crippen LogP contribution in [0.15, 0.2) is 48.8 Å². The van der Waals surface area contributed by atoms with Crippen molar-refractivity contribution in [2.75, 3.05) is 73.6 Å². The second kappa shape index (κ2) is 15.5. The number of aromatic nitrogens is 3. The molecule has 6 amide bonds. The molecule has 6 N–H and O–H groups in total. The van der Waals surface area contributed by atoms with Gasteiger partial charge in [-0.3, -0.25) is 29.4 Å². The number of aromatic amines is 1. The number of benzene rings is 1. The lowest BCUT2D eigenvalue weighted by Crippen LogP contribution is -2.63. The van der Waals surface area contributed by atoms with Crippen LogP contribution in [0.2, 0.25) is 0 Å². The number of pyridine rings is 2. The third-order valence-electron chi connectivity index (χ3n) is 12.3. The molecule has 3 atom stereocenters. The number of urea groups is 1. The van der Waals surface area contributed by atoms with Gasteiger partial charge in [0.15, 0.2) is 0 Å². The molecule has 5 aliphatic heterocycles. The Morgan fingerprint density at radius 3 is 2.36 bits per heavy atom. The third kappa shape index (κ3) is 7.48. The summed E-state index contributed by atoms with van der Waals surface area (Å²) in [5, 5.41) is 8.42. The maximum absolute atomic E-state index is 15.9. The summed E-state index contributed by atoms with van der Waals surface area (Å²) in [6, 6.07) is 10.1. The number of amides is 6. The van der Waals surface area contributed by atoms with E-state index in [0.29, 0.717) is 48.0 Å². The molecule has 5 saturated heterocycles. The van der Waals surface area contributed by atoms with E-state index in [1.54, 1.807) is 18.5 Å². The first-order chi connectivity index (χ1) is 28.5. The minimum atomic E-state index is -0.752. The first-order valence-corrected chi connectivity index (χ1v) is 20.3. The van der Waals surface area contributed by atoms with Crippen molar-refractivity contribution in [3.05, 3.63) is 65.9 Å². The molecule has 0 saturated carbocycles. The molecule has 5 fully saturated rings. The topological polar surface area (TPSA) is 205 Å². The van der Waals surface area contributed by atoms with Gasteiger partial charge in [0.05, 0.1) is 34.7 Å². The van der Waals surface area contributed by atoms with Gasteiger partial charge in [0.25, 0.3) is 11.8 Å². The number of hydrogen-bond donors (Lipinski definition) is 5. The number of anilines is 3. The van der Waals surface area contributed by atoms with Gasteiger partial charge in [0.1, 0.15) is 23.4 Å². The Morgan fingerprint density at radius 2 is 1.68 bits per heavy atom. The minimum absolute atomic E-state index is 0.0559. The number of nitrogens with zero attached hydrogens (tertiary/aromatic N) is 7. The number of fused-ring (bicyclic) bond motifs is 1. The second-order valence-electron chi connectivity index (χ2n) is 16.2. The zero-order valence-electron chi connectivity index (χ0n) is 32.7. The highest BCUT2D eigenvalue weighted by Gasteiger charge is 2.37. The van der Waals surface area contributed by atoms with Crippen molar-refractivity contribution >= 4 is 57.8 Å². The van der Waals surface area contributed by atoms with Crippen LogP contribution in [0.3, 0.4) is 0 Å². The van der Waals surface area contributed by atoms with Crippen LogP contribution < -0.4 is 36.4 Å². The largest absolute Gasteiger partial charge is 0.367 e. The minimum Gasteiger partial charge on any atom is -0.367 e. The van der Waals surface area contributed by atoms with Gasteiger partial charge in [-0.05, 0) is 62.6 Å². The number of nitrogens with two attached hydrogens (primary N) is 1. The SMILES string of the molecule is C[C@@H]1CN([C@@H]2CCCN(c3c(F)cc(C(N)=O)c4[nH]c(-c5ccc(N6CCN(C7CN(c8ccc(C(=O)N[C@H]9CCC(=O)NC9=O)nc8)C7)CC6)nc5)cc34)C2)C(=O)N1. The first kappa shape index (κ1) is 38.2. The number of H-pyrrole nitrogens is 1. The maximum atomic E-state index is 15.9. The van der Waals surface area contributed by atoms with Crippen molar-refractivity contribution in [3.8, 4) is 11.3 Å². The fourth-order valence-electron chi connectivity index (χ4n) is 9.08. The third-order valence-corrected chi connectivity index (χ3v) is 12.3. The van der Waals surface area contributed by atoms with E-state index in [-0.39, 0.29) is 48.1 Å². The van der Waals surface area contributed by atoms with Crippen LogP contribution in [0.1, 0.15) is 53.5 Å². The summed E-state index contributed by atoms with van der Waals surface area (Å²) in [5.74, 6) is -1.68. The number of carbonyl (C=O) groups is 5. The highest BCUT2D eigenvalue weighted by Crippen LogP contribution is 2.38. The number of primary amides is 1. The zero-order valence-corrected chi connectivity index (χ0v) is 32.7. The summed E-state index contributed by atoms with van der Waals surface area (Å²) in [5.41, 5.74) is 9.29. The second-order valence-corrected chi connectivity index (χ2v) is 16.2. The van der Waals surface area contributed by atoms with Crippen LogP contribution in [0.5, 0.6) is 0 Å². The van der Waals surface area contributed by atoms with Gasteiger partial charge in [-0.25, -0.2) is 19.2 Å². The predicted molar refractivity (Wildman–Crippen MR) is 218 cm³/mol. The van der Waals surface area contributed by atoms with E-state index in [1.165, 1.54) is 6.07 Å². The van der Waals surface area contributed by atoms with Crippen molar-refractivity contribution < 1.29 is 28.4 Å². The van der Waals surface area contributed by atoms with Gasteiger partial charge in [0.2, 0.25) is 11.8 Å².